The van der Waals surface area contributed by atoms with Gasteiger partial charge in [-0.3, -0.25) is 9.69 Å². The SMILES string of the molecule is COCCN1CC[C@@H](NC(=O)C2=C3C=C4CC4=C3C=C2)C1. The second-order valence-electron chi connectivity index (χ2n) is 6.15. The van der Waals surface area contributed by atoms with Crippen LogP contribution in [0.25, 0.3) is 0 Å². The summed E-state index contributed by atoms with van der Waals surface area (Å²) in [4.78, 5) is 14.8. The molecule has 0 radical (unpaired) electrons. The molecule has 0 unspecified atom stereocenters. The van der Waals surface area contributed by atoms with E-state index in [4.69, 9.17) is 4.74 Å². The van der Waals surface area contributed by atoms with Crippen LogP contribution in [-0.2, 0) is 9.53 Å². The molecule has 21 heavy (non-hydrogen) atoms. The van der Waals surface area contributed by atoms with Crippen molar-refractivity contribution in [3.05, 3.63) is 46.1 Å². The largest absolute Gasteiger partial charge is 0.383 e. The summed E-state index contributed by atoms with van der Waals surface area (Å²) in [5, 5.41) is 3.19. The molecule has 0 aromatic rings. The summed E-state index contributed by atoms with van der Waals surface area (Å²) in [6.07, 6.45) is 8.39. The number of nitrogens with zero attached hydrogens (tertiary/aromatic N) is 1. The zero-order valence-electron chi connectivity index (χ0n) is 12.3. The second kappa shape index (κ2) is 4.97. The highest BCUT2D eigenvalue weighted by Gasteiger charge is 2.36. The molecule has 1 saturated carbocycles. The third kappa shape index (κ3) is 2.28. The van der Waals surface area contributed by atoms with Gasteiger partial charge in [-0.1, -0.05) is 6.08 Å². The normalized spacial score (nSPS) is 26.3. The molecular formula is C17H20N2O2. The van der Waals surface area contributed by atoms with E-state index in [0.29, 0.717) is 0 Å². The molecule has 0 spiro atoms. The van der Waals surface area contributed by atoms with Crippen LogP contribution in [-0.4, -0.2) is 50.2 Å². The molecule has 1 amide bonds. The van der Waals surface area contributed by atoms with E-state index in [0.717, 1.165) is 50.2 Å². The highest BCUT2D eigenvalue weighted by Crippen LogP contribution is 2.51. The molecule has 1 aliphatic heterocycles. The maximum atomic E-state index is 12.5. The zero-order valence-corrected chi connectivity index (χ0v) is 12.3. The van der Waals surface area contributed by atoms with E-state index in [2.05, 4.69) is 22.4 Å². The van der Waals surface area contributed by atoms with Crippen LogP contribution in [0.3, 0.4) is 0 Å². The summed E-state index contributed by atoms with van der Waals surface area (Å²) in [5.74, 6) is 0.0774. The van der Waals surface area contributed by atoms with Gasteiger partial charge in [-0.2, -0.15) is 0 Å². The van der Waals surface area contributed by atoms with Crippen LogP contribution in [0.4, 0.5) is 0 Å². The number of carbonyl (C=O) groups is 1. The van der Waals surface area contributed by atoms with Crippen LogP contribution in [0.2, 0.25) is 0 Å². The number of nitrogens with one attached hydrogen (secondary N) is 1. The number of hydrogen-bond acceptors (Lipinski definition) is 3. The molecule has 4 rings (SSSR count). The zero-order chi connectivity index (χ0) is 14.4. The minimum atomic E-state index is 0.0774. The molecule has 1 N–H and O–H groups in total. The quantitative estimate of drug-likeness (QED) is 0.828. The van der Waals surface area contributed by atoms with Gasteiger partial charge in [-0.25, -0.2) is 0 Å². The van der Waals surface area contributed by atoms with E-state index >= 15 is 0 Å². The molecule has 0 aromatic carbocycles. The molecular weight excluding hydrogens is 264 g/mol. The van der Waals surface area contributed by atoms with Crippen LogP contribution >= 0.6 is 0 Å². The van der Waals surface area contributed by atoms with Crippen LogP contribution < -0.4 is 5.32 Å². The van der Waals surface area contributed by atoms with Gasteiger partial charge < -0.3 is 10.1 Å². The Labute approximate surface area is 124 Å². The Hall–Kier alpha value is -1.65. The van der Waals surface area contributed by atoms with Crippen LogP contribution in [0, 0.1) is 0 Å². The van der Waals surface area contributed by atoms with Crippen molar-refractivity contribution in [2.24, 2.45) is 0 Å². The van der Waals surface area contributed by atoms with Crippen molar-refractivity contribution in [2.45, 2.75) is 18.9 Å². The Kier molecular flexibility index (Phi) is 3.08. The molecule has 110 valence electrons. The molecule has 0 aromatic heterocycles. The van der Waals surface area contributed by atoms with Gasteiger partial charge in [0.1, 0.15) is 0 Å². The highest BCUT2D eigenvalue weighted by molar-refractivity contribution is 6.02. The number of ether oxygens (including phenoxy) is 1. The minimum Gasteiger partial charge on any atom is -0.383 e. The van der Waals surface area contributed by atoms with Gasteiger partial charge in [-0.15, -0.1) is 0 Å². The van der Waals surface area contributed by atoms with E-state index in [1.54, 1.807) is 7.11 Å². The Morgan fingerprint density at radius 3 is 3.19 bits per heavy atom. The first-order chi connectivity index (χ1) is 10.3. The molecule has 1 heterocycles. The standard InChI is InChI=1S/C17H20N2O2/c1-21-7-6-19-5-4-12(10-19)18-17(20)14-3-2-13-15-8-11(15)9-16(13)14/h2-3,9,12H,4-8,10H2,1H3,(H,18,20)/t12-/m1/s1. The Balaban J connectivity index is 1.38. The fourth-order valence-electron chi connectivity index (χ4n) is 3.47. The predicted octanol–water partition coefficient (Wildman–Crippen LogP) is 1.33. The maximum absolute atomic E-state index is 12.5. The molecule has 4 heteroatoms. The summed E-state index contributed by atoms with van der Waals surface area (Å²) >= 11 is 0. The molecule has 1 atom stereocenters. The number of hydrogen-bond donors (Lipinski definition) is 1. The topological polar surface area (TPSA) is 41.6 Å². The van der Waals surface area contributed by atoms with Gasteiger partial charge in [0.15, 0.2) is 0 Å². The van der Waals surface area contributed by atoms with Crippen molar-refractivity contribution >= 4 is 5.91 Å². The average Bonchev–Trinajstić information content (AvgIpc) is 2.85. The Morgan fingerprint density at radius 1 is 1.43 bits per heavy atom. The lowest BCUT2D eigenvalue weighted by Gasteiger charge is -2.16. The maximum Gasteiger partial charge on any atom is 0.252 e. The number of rotatable bonds is 5. The first kappa shape index (κ1) is 13.0. The minimum absolute atomic E-state index is 0.0774. The average molecular weight is 284 g/mol. The van der Waals surface area contributed by atoms with Crippen LogP contribution in [0.1, 0.15) is 12.8 Å². The van der Waals surface area contributed by atoms with E-state index < -0.39 is 0 Å². The van der Waals surface area contributed by atoms with Crippen LogP contribution in [0.5, 0.6) is 0 Å². The number of allylic oxidation sites excluding steroid dienone is 6. The highest BCUT2D eigenvalue weighted by atomic mass is 16.5. The third-order valence-electron chi connectivity index (χ3n) is 4.73. The lowest BCUT2D eigenvalue weighted by molar-refractivity contribution is -0.117. The van der Waals surface area contributed by atoms with Gasteiger partial charge in [0, 0.05) is 38.4 Å². The smallest absolute Gasteiger partial charge is 0.252 e. The predicted molar refractivity (Wildman–Crippen MR) is 80.8 cm³/mol. The number of likely N-dealkylation sites (tertiary alicyclic amines) is 1. The second-order valence-corrected chi connectivity index (χ2v) is 6.15. The first-order valence-corrected chi connectivity index (χ1v) is 7.65. The third-order valence-corrected chi connectivity index (χ3v) is 4.73. The first-order valence-electron chi connectivity index (χ1n) is 7.65. The molecule has 0 bridgehead atoms. The Morgan fingerprint density at radius 2 is 2.33 bits per heavy atom. The lowest BCUT2D eigenvalue weighted by atomic mass is 10.1. The molecule has 4 nitrogen and oxygen atoms in total. The fourth-order valence-corrected chi connectivity index (χ4v) is 3.47. The van der Waals surface area contributed by atoms with E-state index in [9.17, 15) is 4.79 Å². The van der Waals surface area contributed by atoms with E-state index in [1.165, 1.54) is 16.7 Å². The van der Waals surface area contributed by atoms with Crippen molar-refractivity contribution < 1.29 is 9.53 Å². The fraction of sp³-hybridized carbons (Fsp3) is 0.471. The van der Waals surface area contributed by atoms with Gasteiger partial charge in [0.25, 0.3) is 5.91 Å². The number of amides is 1. The summed E-state index contributed by atoms with van der Waals surface area (Å²) < 4.78 is 5.11. The summed E-state index contributed by atoms with van der Waals surface area (Å²) in [6.45, 7) is 3.66. The number of carbonyl (C=O) groups excluding carboxylic acids is 1. The van der Waals surface area contributed by atoms with Crippen molar-refractivity contribution in [3.8, 4) is 0 Å². The van der Waals surface area contributed by atoms with E-state index in [-0.39, 0.29) is 11.9 Å². The van der Waals surface area contributed by atoms with E-state index in [1.807, 2.05) is 6.08 Å². The van der Waals surface area contributed by atoms with Gasteiger partial charge in [-0.05, 0) is 47.3 Å². The molecule has 2 fully saturated rings. The molecule has 1 saturated heterocycles. The number of methoxy groups -OCH3 is 1. The van der Waals surface area contributed by atoms with Crippen molar-refractivity contribution in [3.63, 3.8) is 0 Å². The summed E-state index contributed by atoms with van der Waals surface area (Å²) in [5.41, 5.74) is 6.12. The summed E-state index contributed by atoms with van der Waals surface area (Å²) in [6, 6.07) is 0.260. The summed E-state index contributed by atoms with van der Waals surface area (Å²) in [7, 11) is 1.72. The van der Waals surface area contributed by atoms with Crippen molar-refractivity contribution in [1.82, 2.24) is 10.2 Å². The lowest BCUT2D eigenvalue weighted by Crippen LogP contribution is -2.38. The van der Waals surface area contributed by atoms with Gasteiger partial charge in [0.05, 0.1) is 6.61 Å². The monoisotopic (exact) mass is 284 g/mol. The number of fused-ring (bicyclic) bond motifs is 2. The van der Waals surface area contributed by atoms with Crippen LogP contribution in [0.15, 0.2) is 46.1 Å². The van der Waals surface area contributed by atoms with Gasteiger partial charge in [0.2, 0.25) is 0 Å². The van der Waals surface area contributed by atoms with Gasteiger partial charge >= 0.3 is 0 Å². The van der Waals surface area contributed by atoms with Crippen molar-refractivity contribution in [1.29, 1.82) is 0 Å². The molecule has 4 aliphatic rings. The Bertz CT molecular complexity index is 625. The molecule has 3 aliphatic carbocycles. The van der Waals surface area contributed by atoms with Crippen molar-refractivity contribution in [2.75, 3.05) is 33.4 Å².